The number of non-ortho nitro benzene ring substituents is 1. The molecule has 5 rings (SSSR count). The topological polar surface area (TPSA) is 159 Å². The van der Waals surface area contributed by atoms with Gasteiger partial charge in [-0.2, -0.15) is 8.42 Å². The fraction of sp³-hybridized carbons (Fsp3) is 0.548. The molecular weight excluding hydrogens is 588 g/mol. The molecule has 0 radical (unpaired) electrons. The molecule has 2 amide bonds. The lowest BCUT2D eigenvalue weighted by molar-refractivity contribution is -0.384. The second kappa shape index (κ2) is 13.6. The van der Waals surface area contributed by atoms with E-state index in [0.29, 0.717) is 18.3 Å². The molecule has 13 heteroatoms. The summed E-state index contributed by atoms with van der Waals surface area (Å²) in [4.78, 5) is 39.2. The summed E-state index contributed by atoms with van der Waals surface area (Å²) in [5.41, 5.74) is 0.679. The van der Waals surface area contributed by atoms with Gasteiger partial charge in [0, 0.05) is 31.3 Å². The smallest absolute Gasteiger partial charge is 0.409 e. The number of nitrogens with one attached hydrogen (secondary N) is 1. The number of carbonyl (C=O) groups is 2. The summed E-state index contributed by atoms with van der Waals surface area (Å²) < 4.78 is 35.3. The summed E-state index contributed by atoms with van der Waals surface area (Å²) >= 11 is 0. The molecule has 2 N–H and O–H groups in total. The molecule has 2 heterocycles. The summed E-state index contributed by atoms with van der Waals surface area (Å²) in [6.07, 6.45) is 5.67. The molecular formula is C31H42N4O8S. The van der Waals surface area contributed by atoms with Crippen LogP contribution in [0.5, 0.6) is 0 Å². The highest BCUT2D eigenvalue weighted by atomic mass is 32.2. The van der Waals surface area contributed by atoms with Crippen LogP contribution in [0.15, 0.2) is 59.5 Å². The largest absolute Gasteiger partial charge is 0.428 e. The van der Waals surface area contributed by atoms with Gasteiger partial charge in [-0.3, -0.25) is 24.4 Å². The van der Waals surface area contributed by atoms with Gasteiger partial charge in [-0.15, -0.1) is 0 Å². The number of benzene rings is 2. The first-order chi connectivity index (χ1) is 20.6. The number of ether oxygens (including phenoxy) is 1. The number of likely N-dealkylation sites (N-methyl/N-ethyl adjacent to an activating group) is 1. The second-order valence-corrected chi connectivity index (χ2v) is 14.2. The number of hydrogen-bond acceptors (Lipinski definition) is 8. The summed E-state index contributed by atoms with van der Waals surface area (Å²) in [7, 11) is -2.37. The van der Waals surface area contributed by atoms with Crippen LogP contribution in [0, 0.1) is 22.0 Å². The van der Waals surface area contributed by atoms with Gasteiger partial charge < -0.3 is 15.0 Å². The molecule has 0 aromatic heterocycles. The van der Waals surface area contributed by atoms with E-state index in [-0.39, 0.29) is 40.2 Å². The summed E-state index contributed by atoms with van der Waals surface area (Å²) in [6, 6.07) is 13.7. The van der Waals surface area contributed by atoms with Gasteiger partial charge in [0.15, 0.2) is 6.23 Å². The van der Waals surface area contributed by atoms with Gasteiger partial charge in [-0.25, -0.2) is 4.79 Å². The average Bonchev–Trinajstić information content (AvgIpc) is 3.35. The van der Waals surface area contributed by atoms with Gasteiger partial charge in [-0.05, 0) is 69.6 Å². The summed E-state index contributed by atoms with van der Waals surface area (Å²) in [5.74, 6) is 1.30. The van der Waals surface area contributed by atoms with E-state index in [9.17, 15) is 28.1 Å². The Morgan fingerprint density at radius 3 is 2.27 bits per heavy atom. The van der Waals surface area contributed by atoms with Crippen LogP contribution in [-0.2, 0) is 26.1 Å². The molecule has 3 fully saturated rings. The zero-order chi connectivity index (χ0) is 32.2. The molecule has 2 saturated heterocycles. The van der Waals surface area contributed by atoms with Gasteiger partial charge in [0.2, 0.25) is 5.91 Å². The average molecular weight is 631 g/mol. The van der Waals surface area contributed by atoms with Crippen LogP contribution in [0.2, 0.25) is 0 Å². The highest BCUT2D eigenvalue weighted by Gasteiger charge is 2.49. The molecule has 2 aliphatic heterocycles. The molecule has 0 spiro atoms. The van der Waals surface area contributed by atoms with E-state index in [4.69, 9.17) is 9.29 Å². The lowest BCUT2D eigenvalue weighted by Gasteiger charge is -2.49. The van der Waals surface area contributed by atoms with Crippen LogP contribution >= 0.6 is 0 Å². The van der Waals surface area contributed by atoms with Gasteiger partial charge >= 0.3 is 6.09 Å². The van der Waals surface area contributed by atoms with Crippen LogP contribution in [-0.4, -0.2) is 77.1 Å². The Morgan fingerprint density at radius 1 is 1.09 bits per heavy atom. The van der Waals surface area contributed by atoms with E-state index >= 15 is 0 Å². The van der Waals surface area contributed by atoms with Crippen LogP contribution in [0.3, 0.4) is 0 Å². The Morgan fingerprint density at radius 2 is 1.70 bits per heavy atom. The van der Waals surface area contributed by atoms with Crippen molar-refractivity contribution in [2.45, 2.75) is 88.0 Å². The highest BCUT2D eigenvalue weighted by Crippen LogP contribution is 2.41. The normalized spacial score (nSPS) is 25.5. The third-order valence-electron chi connectivity index (χ3n) is 8.91. The van der Waals surface area contributed by atoms with Gasteiger partial charge in [0.25, 0.3) is 15.8 Å². The first-order valence-electron chi connectivity index (χ1n) is 14.9. The second-order valence-electron chi connectivity index (χ2n) is 12.8. The van der Waals surface area contributed by atoms with Crippen molar-refractivity contribution in [3.8, 4) is 0 Å². The Bertz CT molecular complexity index is 1430. The van der Waals surface area contributed by atoms with Crippen molar-refractivity contribution in [3.63, 3.8) is 0 Å². The van der Waals surface area contributed by atoms with Crippen molar-refractivity contribution in [2.75, 3.05) is 13.6 Å². The number of nitro benzene ring substituents is 1. The number of likely N-dealkylation sites (tertiary alicyclic amines) is 1. The van der Waals surface area contributed by atoms with E-state index in [0.717, 1.165) is 42.8 Å². The Labute approximate surface area is 258 Å². The maximum atomic E-state index is 13.7. The van der Waals surface area contributed by atoms with Crippen molar-refractivity contribution < 1.29 is 32.2 Å². The van der Waals surface area contributed by atoms with Crippen LogP contribution in [0.25, 0.3) is 0 Å². The number of carbonyl (C=O) groups excluding carboxylic acids is 2. The van der Waals surface area contributed by atoms with Crippen molar-refractivity contribution in [3.05, 3.63) is 70.3 Å². The van der Waals surface area contributed by atoms with Gasteiger partial charge in [0.1, 0.15) is 0 Å². The number of fused-ring (bicyclic) bond motifs is 1. The molecule has 12 nitrogen and oxygen atoms in total. The maximum Gasteiger partial charge on any atom is 0.409 e. The Kier molecular flexibility index (Phi) is 10.3. The van der Waals surface area contributed by atoms with Gasteiger partial charge in [-0.1, -0.05) is 49.6 Å². The van der Waals surface area contributed by atoms with E-state index in [1.807, 2.05) is 30.1 Å². The Hall–Kier alpha value is -3.55. The van der Waals surface area contributed by atoms with E-state index in [1.54, 1.807) is 0 Å². The third-order valence-corrected chi connectivity index (χ3v) is 9.77. The lowest BCUT2D eigenvalue weighted by atomic mass is 9.72. The van der Waals surface area contributed by atoms with Gasteiger partial charge in [0.05, 0.1) is 21.9 Å². The molecule has 2 aromatic rings. The quantitative estimate of drug-likeness (QED) is 0.263. The third kappa shape index (κ3) is 8.13. The monoisotopic (exact) mass is 630 g/mol. The summed E-state index contributed by atoms with van der Waals surface area (Å²) in [5, 5.41) is 13.2. The molecule has 1 unspecified atom stereocenters. The number of rotatable bonds is 6. The molecule has 5 atom stereocenters. The van der Waals surface area contributed by atoms with E-state index in [1.165, 1.54) is 25.7 Å². The molecule has 44 heavy (non-hydrogen) atoms. The molecule has 240 valence electrons. The number of hydrogen-bond donors (Lipinski definition) is 2. The lowest BCUT2D eigenvalue weighted by Crippen LogP contribution is -2.62. The predicted octanol–water partition coefficient (Wildman–Crippen LogP) is 4.64. The first kappa shape index (κ1) is 33.3. The standard InChI is InChI=1S/C25H37N3O3.C6H5NO5S/c1-25(2,3)27(4)22(29)21-15-18-12-8-9-13-19(18)16-28(21)23-20(26-24(30)31-23)14-17-10-6-5-7-11-17;8-7(9)5-1-3-6(4-2-5)13(10,11)12/h5-7,10-11,18-21,23H,8-9,12-16H2,1-4H3,(H,26,30);1-4H,(H,10,11,12)/t18?,19-,20+,21+,23-;/m1./s1. The summed E-state index contributed by atoms with van der Waals surface area (Å²) in [6.45, 7) is 7.02. The SMILES string of the molecule is CN(C(=O)[C@@H]1CC2CCCC[C@@H]2CN1[C@@H]1OC(=O)N[C@H]1Cc1ccccc1)C(C)(C)C.O=[N+]([O-])c1ccc(S(=O)(=O)O)cc1. The molecule has 1 aliphatic carbocycles. The van der Waals surface area contributed by atoms with Crippen molar-refractivity contribution in [1.82, 2.24) is 15.1 Å². The minimum absolute atomic E-state index is 0.137. The highest BCUT2D eigenvalue weighted by molar-refractivity contribution is 7.85. The molecule has 1 saturated carbocycles. The maximum absolute atomic E-state index is 13.7. The van der Waals surface area contributed by atoms with Crippen LogP contribution in [0.1, 0.15) is 58.4 Å². The molecule has 2 aromatic carbocycles. The van der Waals surface area contributed by atoms with Crippen molar-refractivity contribution >= 4 is 27.8 Å². The zero-order valence-electron chi connectivity index (χ0n) is 25.6. The predicted molar refractivity (Wildman–Crippen MR) is 163 cm³/mol. The molecule has 3 aliphatic rings. The van der Waals surface area contributed by atoms with Crippen LogP contribution < -0.4 is 5.32 Å². The minimum atomic E-state index is -4.27. The van der Waals surface area contributed by atoms with E-state index < -0.39 is 21.3 Å². The van der Waals surface area contributed by atoms with Crippen molar-refractivity contribution in [2.24, 2.45) is 11.8 Å². The molecule has 0 bridgehead atoms. The fourth-order valence-electron chi connectivity index (χ4n) is 6.24. The zero-order valence-corrected chi connectivity index (χ0v) is 26.4. The van der Waals surface area contributed by atoms with Crippen molar-refractivity contribution in [1.29, 1.82) is 0 Å². The number of nitrogens with zero attached hydrogens (tertiary/aromatic N) is 3. The Balaban J connectivity index is 0.000000285. The number of alkyl carbamates (subject to hydrolysis) is 1. The number of cyclic esters (lactones) is 1. The van der Waals surface area contributed by atoms with E-state index in [2.05, 4.69) is 43.1 Å². The number of amides is 2. The first-order valence-corrected chi connectivity index (χ1v) is 16.4. The number of nitro groups is 1. The minimum Gasteiger partial charge on any atom is -0.428 e. The number of piperidine rings is 1. The van der Waals surface area contributed by atoms with Crippen LogP contribution in [0.4, 0.5) is 10.5 Å². The fourth-order valence-corrected chi connectivity index (χ4v) is 6.72.